The molecule has 2 fully saturated rings. The maximum absolute atomic E-state index is 12.4. The Kier molecular flexibility index (Phi) is 5.08. The molecular formula is C16H30N2O2. The van der Waals surface area contributed by atoms with Crippen LogP contribution < -0.4 is 11.1 Å². The molecule has 116 valence electrons. The summed E-state index contributed by atoms with van der Waals surface area (Å²) in [6.07, 6.45) is 5.44. The largest absolute Gasteiger partial charge is 0.378 e. The van der Waals surface area contributed by atoms with Gasteiger partial charge < -0.3 is 15.8 Å². The van der Waals surface area contributed by atoms with E-state index in [1.807, 2.05) is 0 Å². The van der Waals surface area contributed by atoms with Gasteiger partial charge in [0.25, 0.3) is 0 Å². The van der Waals surface area contributed by atoms with Crippen molar-refractivity contribution in [2.24, 2.45) is 23.0 Å². The molecule has 4 nitrogen and oxygen atoms in total. The van der Waals surface area contributed by atoms with Crippen molar-refractivity contribution in [2.45, 2.75) is 65.0 Å². The van der Waals surface area contributed by atoms with E-state index < -0.39 is 0 Å². The van der Waals surface area contributed by atoms with Gasteiger partial charge in [-0.25, -0.2) is 0 Å². The number of carbonyl (C=O) groups is 1. The van der Waals surface area contributed by atoms with E-state index in [1.54, 1.807) is 0 Å². The summed E-state index contributed by atoms with van der Waals surface area (Å²) < 4.78 is 5.58. The van der Waals surface area contributed by atoms with Crippen LogP contribution in [-0.2, 0) is 9.53 Å². The van der Waals surface area contributed by atoms with E-state index in [4.69, 9.17) is 10.5 Å². The van der Waals surface area contributed by atoms with Crippen molar-refractivity contribution in [2.75, 3.05) is 13.2 Å². The summed E-state index contributed by atoms with van der Waals surface area (Å²) in [6, 6.07) is 0.223. The second-order valence-corrected chi connectivity index (χ2v) is 7.12. The molecule has 4 heteroatoms. The van der Waals surface area contributed by atoms with Gasteiger partial charge in [0.2, 0.25) is 5.91 Å². The van der Waals surface area contributed by atoms with Crippen LogP contribution in [0.2, 0.25) is 0 Å². The number of rotatable bonds is 4. The van der Waals surface area contributed by atoms with Crippen LogP contribution in [0, 0.1) is 17.3 Å². The number of carbonyl (C=O) groups excluding carboxylic acids is 1. The Labute approximate surface area is 122 Å². The molecule has 1 saturated heterocycles. The molecule has 0 spiro atoms. The van der Waals surface area contributed by atoms with Gasteiger partial charge in [-0.3, -0.25) is 4.79 Å². The summed E-state index contributed by atoms with van der Waals surface area (Å²) in [7, 11) is 0. The number of hydrogen-bond donors (Lipinski definition) is 2. The molecular weight excluding hydrogens is 252 g/mol. The second kappa shape index (κ2) is 6.44. The normalized spacial score (nSPS) is 36.8. The average Bonchev–Trinajstić information content (AvgIpc) is 2.89. The molecule has 1 aliphatic heterocycles. The number of nitrogens with one attached hydrogen (secondary N) is 1. The van der Waals surface area contributed by atoms with Crippen molar-refractivity contribution in [3.63, 3.8) is 0 Å². The Morgan fingerprint density at radius 3 is 2.75 bits per heavy atom. The Hall–Kier alpha value is -0.610. The van der Waals surface area contributed by atoms with E-state index in [0.717, 1.165) is 45.3 Å². The molecule has 3 N–H and O–H groups in total. The van der Waals surface area contributed by atoms with Crippen LogP contribution in [0.25, 0.3) is 0 Å². The fraction of sp³-hybridized carbons (Fsp3) is 0.938. The topological polar surface area (TPSA) is 64.4 Å². The number of amides is 1. The van der Waals surface area contributed by atoms with Gasteiger partial charge in [-0.05, 0) is 43.4 Å². The Balaban J connectivity index is 1.81. The summed E-state index contributed by atoms with van der Waals surface area (Å²) in [6.45, 7) is 8.15. The Bertz CT molecular complexity index is 337. The molecule has 4 atom stereocenters. The third-order valence-electron chi connectivity index (χ3n) is 5.61. The molecule has 0 aromatic heterocycles. The standard InChI is InChI=1S/C16H30N2O2/c1-11-14(17)7-6-13(16(11,2)3)15(19)18-9-8-12-5-4-10-20-12/h11-14H,4-10,17H2,1-3H3,(H,18,19). The SMILES string of the molecule is CC1C(N)CCC(C(=O)NCCC2CCCO2)C1(C)C. The highest BCUT2D eigenvalue weighted by Crippen LogP contribution is 2.44. The fourth-order valence-corrected chi connectivity index (χ4v) is 3.67. The molecule has 2 aliphatic rings. The van der Waals surface area contributed by atoms with E-state index in [2.05, 4.69) is 26.1 Å². The third kappa shape index (κ3) is 3.34. The van der Waals surface area contributed by atoms with E-state index in [1.165, 1.54) is 0 Å². The van der Waals surface area contributed by atoms with Crippen molar-refractivity contribution in [1.82, 2.24) is 5.32 Å². The number of nitrogens with two attached hydrogens (primary N) is 1. The van der Waals surface area contributed by atoms with Crippen molar-refractivity contribution < 1.29 is 9.53 Å². The van der Waals surface area contributed by atoms with Gasteiger partial charge in [0.1, 0.15) is 0 Å². The molecule has 0 aromatic rings. The van der Waals surface area contributed by atoms with Crippen LogP contribution in [-0.4, -0.2) is 31.2 Å². The first-order valence-corrected chi connectivity index (χ1v) is 8.08. The highest BCUT2D eigenvalue weighted by Gasteiger charge is 2.44. The lowest BCUT2D eigenvalue weighted by Crippen LogP contribution is -2.51. The molecule has 1 amide bonds. The first-order valence-electron chi connectivity index (χ1n) is 8.08. The molecule has 0 aromatic carbocycles. The monoisotopic (exact) mass is 282 g/mol. The summed E-state index contributed by atoms with van der Waals surface area (Å²) in [4.78, 5) is 12.4. The summed E-state index contributed by atoms with van der Waals surface area (Å²) in [5, 5.41) is 3.11. The number of hydrogen-bond acceptors (Lipinski definition) is 3. The van der Waals surface area contributed by atoms with Crippen LogP contribution >= 0.6 is 0 Å². The zero-order valence-electron chi connectivity index (χ0n) is 13.2. The third-order valence-corrected chi connectivity index (χ3v) is 5.61. The Morgan fingerprint density at radius 2 is 2.10 bits per heavy atom. The Morgan fingerprint density at radius 1 is 1.35 bits per heavy atom. The highest BCUT2D eigenvalue weighted by atomic mass is 16.5. The molecule has 20 heavy (non-hydrogen) atoms. The minimum atomic E-state index is -0.0222. The fourth-order valence-electron chi connectivity index (χ4n) is 3.67. The van der Waals surface area contributed by atoms with Gasteiger partial charge in [0.05, 0.1) is 6.10 Å². The summed E-state index contributed by atoms with van der Waals surface area (Å²) >= 11 is 0. The quantitative estimate of drug-likeness (QED) is 0.829. The zero-order chi connectivity index (χ0) is 14.8. The molecule has 1 aliphatic carbocycles. The van der Waals surface area contributed by atoms with Crippen molar-refractivity contribution in [3.8, 4) is 0 Å². The molecule has 0 radical (unpaired) electrons. The van der Waals surface area contributed by atoms with Crippen LogP contribution in [0.5, 0.6) is 0 Å². The predicted octanol–water partition coefficient (Wildman–Crippen LogP) is 2.07. The van der Waals surface area contributed by atoms with E-state index in [9.17, 15) is 4.79 Å². The lowest BCUT2D eigenvalue weighted by molar-refractivity contribution is -0.132. The van der Waals surface area contributed by atoms with Crippen LogP contribution in [0.4, 0.5) is 0 Å². The maximum Gasteiger partial charge on any atom is 0.223 e. The van der Waals surface area contributed by atoms with Gasteiger partial charge in [-0.2, -0.15) is 0 Å². The lowest BCUT2D eigenvalue weighted by Gasteiger charge is -2.46. The molecule has 1 heterocycles. The lowest BCUT2D eigenvalue weighted by atomic mass is 9.61. The van der Waals surface area contributed by atoms with Crippen molar-refractivity contribution in [1.29, 1.82) is 0 Å². The second-order valence-electron chi connectivity index (χ2n) is 7.12. The van der Waals surface area contributed by atoms with Gasteiger partial charge in [-0.15, -0.1) is 0 Å². The maximum atomic E-state index is 12.4. The predicted molar refractivity (Wildman–Crippen MR) is 80.2 cm³/mol. The van der Waals surface area contributed by atoms with Crippen LogP contribution in [0.15, 0.2) is 0 Å². The number of ether oxygens (including phenoxy) is 1. The smallest absolute Gasteiger partial charge is 0.223 e. The highest BCUT2D eigenvalue weighted by molar-refractivity contribution is 5.79. The van der Waals surface area contributed by atoms with E-state index in [0.29, 0.717) is 12.0 Å². The minimum Gasteiger partial charge on any atom is -0.378 e. The summed E-state index contributed by atoms with van der Waals surface area (Å²) in [5.41, 5.74) is 6.13. The molecule has 0 bridgehead atoms. The average molecular weight is 282 g/mol. The first-order chi connectivity index (χ1) is 9.43. The molecule has 4 unspecified atom stereocenters. The first kappa shape index (κ1) is 15.8. The van der Waals surface area contributed by atoms with Gasteiger partial charge in [0, 0.05) is 25.1 Å². The van der Waals surface area contributed by atoms with Crippen LogP contribution in [0.3, 0.4) is 0 Å². The van der Waals surface area contributed by atoms with Gasteiger partial charge in [0.15, 0.2) is 0 Å². The van der Waals surface area contributed by atoms with Crippen LogP contribution in [0.1, 0.15) is 52.9 Å². The zero-order valence-corrected chi connectivity index (χ0v) is 13.2. The summed E-state index contributed by atoms with van der Waals surface area (Å²) in [5.74, 6) is 0.665. The molecule has 1 saturated carbocycles. The molecule has 2 rings (SSSR count). The van der Waals surface area contributed by atoms with Gasteiger partial charge >= 0.3 is 0 Å². The minimum absolute atomic E-state index is 0.0222. The van der Waals surface area contributed by atoms with Crippen molar-refractivity contribution in [3.05, 3.63) is 0 Å². The van der Waals surface area contributed by atoms with E-state index >= 15 is 0 Å². The van der Waals surface area contributed by atoms with E-state index in [-0.39, 0.29) is 23.3 Å². The van der Waals surface area contributed by atoms with Gasteiger partial charge in [-0.1, -0.05) is 20.8 Å². The van der Waals surface area contributed by atoms with Crippen molar-refractivity contribution >= 4 is 5.91 Å².